The molecule has 7 heteroatoms. The Morgan fingerprint density at radius 3 is 3.12 bits per heavy atom. The molecule has 0 saturated carbocycles. The molecule has 3 aromatic rings. The minimum absolute atomic E-state index is 0.0884. The van der Waals surface area contributed by atoms with E-state index in [4.69, 9.17) is 9.26 Å². The number of fused-ring (bicyclic) bond motifs is 1. The van der Waals surface area contributed by atoms with Gasteiger partial charge in [0.15, 0.2) is 5.82 Å². The quantitative estimate of drug-likeness (QED) is 0.777. The SMILES string of the molecule is COc1ccc2[nH]cc(CC(=O)N3CCCCCC3c3ncon3)c2c1. The van der Waals surface area contributed by atoms with Crippen molar-refractivity contribution in [2.75, 3.05) is 13.7 Å². The molecular formula is C19H22N4O3. The Labute approximate surface area is 151 Å². The van der Waals surface area contributed by atoms with Crippen LogP contribution in [0.3, 0.4) is 0 Å². The highest BCUT2D eigenvalue weighted by Gasteiger charge is 2.30. The maximum Gasteiger partial charge on any atom is 0.227 e. The molecule has 1 aromatic carbocycles. The van der Waals surface area contributed by atoms with Gasteiger partial charge in [0, 0.05) is 23.6 Å². The Bertz CT molecular complexity index is 887. The van der Waals surface area contributed by atoms with Gasteiger partial charge in [-0.1, -0.05) is 18.0 Å². The normalized spacial score (nSPS) is 18.0. The van der Waals surface area contributed by atoms with E-state index in [0.717, 1.165) is 54.4 Å². The first-order valence-electron chi connectivity index (χ1n) is 8.96. The Morgan fingerprint density at radius 2 is 2.31 bits per heavy atom. The summed E-state index contributed by atoms with van der Waals surface area (Å²) in [7, 11) is 1.64. The van der Waals surface area contributed by atoms with Crippen LogP contribution in [0.25, 0.3) is 10.9 Å². The summed E-state index contributed by atoms with van der Waals surface area (Å²) in [5.41, 5.74) is 1.97. The smallest absolute Gasteiger partial charge is 0.227 e. The van der Waals surface area contributed by atoms with Gasteiger partial charge in [-0.2, -0.15) is 4.98 Å². The van der Waals surface area contributed by atoms with Crippen molar-refractivity contribution in [3.05, 3.63) is 42.2 Å². The number of aromatic nitrogens is 3. The molecule has 136 valence electrons. The van der Waals surface area contributed by atoms with E-state index in [-0.39, 0.29) is 11.9 Å². The first-order valence-corrected chi connectivity index (χ1v) is 8.96. The fourth-order valence-electron chi connectivity index (χ4n) is 3.70. The molecule has 1 amide bonds. The minimum atomic E-state index is -0.108. The molecule has 1 saturated heterocycles. The summed E-state index contributed by atoms with van der Waals surface area (Å²) in [6.45, 7) is 0.726. The van der Waals surface area contributed by atoms with Crippen LogP contribution >= 0.6 is 0 Å². The summed E-state index contributed by atoms with van der Waals surface area (Å²) in [6.07, 6.45) is 7.62. The number of methoxy groups -OCH3 is 1. The van der Waals surface area contributed by atoms with Crippen LogP contribution in [0.15, 0.2) is 35.3 Å². The van der Waals surface area contributed by atoms with Crippen molar-refractivity contribution in [3.8, 4) is 5.75 Å². The van der Waals surface area contributed by atoms with E-state index in [1.807, 2.05) is 29.3 Å². The number of benzene rings is 1. The summed E-state index contributed by atoms with van der Waals surface area (Å²) in [6, 6.07) is 5.73. The summed E-state index contributed by atoms with van der Waals surface area (Å²) < 4.78 is 10.2. The molecule has 26 heavy (non-hydrogen) atoms. The lowest BCUT2D eigenvalue weighted by Crippen LogP contribution is -2.36. The largest absolute Gasteiger partial charge is 0.497 e. The van der Waals surface area contributed by atoms with Gasteiger partial charge in [-0.05, 0) is 36.6 Å². The average Bonchev–Trinajstić information content (AvgIpc) is 3.26. The molecule has 7 nitrogen and oxygen atoms in total. The molecule has 1 N–H and O–H groups in total. The highest BCUT2D eigenvalue weighted by molar-refractivity contribution is 5.89. The van der Waals surface area contributed by atoms with Gasteiger partial charge >= 0.3 is 0 Å². The van der Waals surface area contributed by atoms with Crippen molar-refractivity contribution >= 4 is 16.8 Å². The van der Waals surface area contributed by atoms with Crippen molar-refractivity contribution in [1.29, 1.82) is 0 Å². The van der Waals surface area contributed by atoms with Gasteiger partial charge in [0.1, 0.15) is 5.75 Å². The van der Waals surface area contributed by atoms with E-state index in [1.165, 1.54) is 6.39 Å². The Kier molecular flexibility index (Phi) is 4.60. The second-order valence-corrected chi connectivity index (χ2v) is 6.64. The predicted octanol–water partition coefficient (Wildman–Crippen LogP) is 3.25. The zero-order chi connectivity index (χ0) is 17.9. The number of hydrogen-bond acceptors (Lipinski definition) is 5. The van der Waals surface area contributed by atoms with Crippen LogP contribution in [0.5, 0.6) is 5.75 Å². The van der Waals surface area contributed by atoms with E-state index in [9.17, 15) is 4.79 Å². The number of carbonyl (C=O) groups excluding carboxylic acids is 1. The van der Waals surface area contributed by atoms with Crippen molar-refractivity contribution in [1.82, 2.24) is 20.0 Å². The third-order valence-corrected chi connectivity index (χ3v) is 5.07. The van der Waals surface area contributed by atoms with Gasteiger partial charge < -0.3 is 19.1 Å². The standard InChI is InChI=1S/C19H22N4O3/c1-25-14-6-7-16-15(10-14)13(11-20-16)9-18(24)23-8-4-2-3-5-17(23)19-21-12-26-22-19/h6-7,10-12,17,20H,2-5,8-9H2,1H3. The maximum absolute atomic E-state index is 13.1. The second kappa shape index (κ2) is 7.19. The number of aromatic amines is 1. The number of likely N-dealkylation sites (tertiary alicyclic amines) is 1. The summed E-state index contributed by atoms with van der Waals surface area (Å²) in [4.78, 5) is 22.5. The number of amides is 1. The average molecular weight is 354 g/mol. The molecular weight excluding hydrogens is 332 g/mol. The fraction of sp³-hybridized carbons (Fsp3) is 0.421. The zero-order valence-electron chi connectivity index (χ0n) is 14.8. The third kappa shape index (κ3) is 3.16. The van der Waals surface area contributed by atoms with E-state index in [1.54, 1.807) is 7.11 Å². The van der Waals surface area contributed by atoms with E-state index in [0.29, 0.717) is 12.2 Å². The monoisotopic (exact) mass is 354 g/mol. The van der Waals surface area contributed by atoms with Crippen LogP contribution in [0, 0.1) is 0 Å². The van der Waals surface area contributed by atoms with Crippen molar-refractivity contribution < 1.29 is 14.1 Å². The molecule has 0 radical (unpaired) electrons. The van der Waals surface area contributed by atoms with Crippen LogP contribution in [0.2, 0.25) is 0 Å². The van der Waals surface area contributed by atoms with Crippen LogP contribution < -0.4 is 4.74 Å². The topological polar surface area (TPSA) is 84.3 Å². The molecule has 1 unspecified atom stereocenters. The summed E-state index contributed by atoms with van der Waals surface area (Å²) in [5, 5.41) is 5.00. The number of H-pyrrole nitrogens is 1. The number of ether oxygens (including phenoxy) is 1. The molecule has 3 heterocycles. The first-order chi connectivity index (χ1) is 12.8. The Hall–Kier alpha value is -2.83. The van der Waals surface area contributed by atoms with Gasteiger partial charge in [0.25, 0.3) is 0 Å². The van der Waals surface area contributed by atoms with Crippen molar-refractivity contribution in [3.63, 3.8) is 0 Å². The van der Waals surface area contributed by atoms with E-state index >= 15 is 0 Å². The highest BCUT2D eigenvalue weighted by Crippen LogP contribution is 2.30. The van der Waals surface area contributed by atoms with E-state index in [2.05, 4.69) is 15.1 Å². The second-order valence-electron chi connectivity index (χ2n) is 6.64. The molecule has 0 spiro atoms. The maximum atomic E-state index is 13.1. The number of nitrogens with zero attached hydrogens (tertiary/aromatic N) is 3. The van der Waals surface area contributed by atoms with Crippen molar-refractivity contribution in [2.24, 2.45) is 0 Å². The van der Waals surface area contributed by atoms with Gasteiger partial charge in [0.2, 0.25) is 12.3 Å². The highest BCUT2D eigenvalue weighted by atomic mass is 16.5. The van der Waals surface area contributed by atoms with Gasteiger partial charge in [-0.3, -0.25) is 4.79 Å². The van der Waals surface area contributed by atoms with Crippen LogP contribution in [-0.4, -0.2) is 39.6 Å². The minimum Gasteiger partial charge on any atom is -0.497 e. The molecule has 1 atom stereocenters. The van der Waals surface area contributed by atoms with Crippen LogP contribution in [0.1, 0.15) is 43.1 Å². The first kappa shape index (κ1) is 16.6. The van der Waals surface area contributed by atoms with E-state index < -0.39 is 0 Å². The molecule has 0 bridgehead atoms. The summed E-state index contributed by atoms with van der Waals surface area (Å²) in [5.74, 6) is 1.47. The number of carbonyl (C=O) groups is 1. The van der Waals surface area contributed by atoms with Crippen LogP contribution in [0.4, 0.5) is 0 Å². The molecule has 4 rings (SSSR count). The Balaban J connectivity index is 1.60. The summed E-state index contributed by atoms with van der Waals surface area (Å²) >= 11 is 0. The van der Waals surface area contributed by atoms with Crippen molar-refractivity contribution in [2.45, 2.75) is 38.1 Å². The number of nitrogens with one attached hydrogen (secondary N) is 1. The van der Waals surface area contributed by atoms with Crippen LogP contribution in [-0.2, 0) is 11.2 Å². The molecule has 2 aromatic heterocycles. The molecule has 1 fully saturated rings. The van der Waals surface area contributed by atoms with Gasteiger partial charge in [-0.25, -0.2) is 0 Å². The third-order valence-electron chi connectivity index (χ3n) is 5.07. The Morgan fingerprint density at radius 1 is 1.38 bits per heavy atom. The number of hydrogen-bond donors (Lipinski definition) is 1. The van der Waals surface area contributed by atoms with Gasteiger partial charge in [0.05, 0.1) is 19.6 Å². The lowest BCUT2D eigenvalue weighted by atomic mass is 10.1. The number of rotatable bonds is 4. The van der Waals surface area contributed by atoms with Gasteiger partial charge in [-0.15, -0.1) is 0 Å². The zero-order valence-corrected chi connectivity index (χ0v) is 14.8. The molecule has 1 aliphatic rings. The fourth-order valence-corrected chi connectivity index (χ4v) is 3.70. The lowest BCUT2D eigenvalue weighted by Gasteiger charge is -2.27. The molecule has 0 aliphatic carbocycles. The molecule has 1 aliphatic heterocycles. The predicted molar refractivity (Wildman–Crippen MR) is 95.8 cm³/mol. The lowest BCUT2D eigenvalue weighted by molar-refractivity contribution is -0.133.